The van der Waals surface area contributed by atoms with Gasteiger partial charge in [-0.2, -0.15) is 0 Å². The quantitative estimate of drug-likeness (QED) is 0.712. The molecule has 0 aliphatic rings. The van der Waals surface area contributed by atoms with Gasteiger partial charge in [-0.1, -0.05) is 43.7 Å². The monoisotopic (exact) mass is 205 g/mol. The fraction of sp³-hybridized carbons (Fsp3) is 0.462. The Morgan fingerprint density at radius 2 is 1.93 bits per heavy atom. The molecule has 1 unspecified atom stereocenters. The van der Waals surface area contributed by atoms with Crippen LogP contribution in [0.2, 0.25) is 0 Å². The molecule has 0 aliphatic carbocycles. The molecular formula is C13H19NO. The molecular weight excluding hydrogens is 186 g/mol. The number of amides is 1. The van der Waals surface area contributed by atoms with Gasteiger partial charge in [0.05, 0.1) is 0 Å². The Morgan fingerprint density at radius 3 is 2.53 bits per heavy atom. The summed E-state index contributed by atoms with van der Waals surface area (Å²) in [6.45, 7) is 1.89. The highest BCUT2D eigenvalue weighted by atomic mass is 16.1. The standard InChI is InChI=1S/C13H19NO/c1-11(13(14)15)7-5-6-10-12-8-3-2-4-9-12/h2-4,8-9,11H,5-7,10H2,1H3,(H2,14,15). The van der Waals surface area contributed by atoms with Crippen LogP contribution in [0.3, 0.4) is 0 Å². The number of nitrogens with two attached hydrogens (primary N) is 1. The number of rotatable bonds is 6. The van der Waals surface area contributed by atoms with Crippen molar-refractivity contribution < 1.29 is 4.79 Å². The smallest absolute Gasteiger partial charge is 0.220 e. The average Bonchev–Trinajstić information content (AvgIpc) is 2.25. The van der Waals surface area contributed by atoms with Crippen molar-refractivity contribution in [3.63, 3.8) is 0 Å². The second-order valence-electron chi connectivity index (χ2n) is 4.03. The fourth-order valence-corrected chi connectivity index (χ4v) is 1.57. The third-order valence-corrected chi connectivity index (χ3v) is 2.68. The first-order valence-electron chi connectivity index (χ1n) is 5.53. The second kappa shape index (κ2) is 6.23. The van der Waals surface area contributed by atoms with Crippen LogP contribution in [-0.2, 0) is 11.2 Å². The molecule has 0 radical (unpaired) electrons. The van der Waals surface area contributed by atoms with E-state index in [4.69, 9.17) is 5.73 Å². The zero-order valence-corrected chi connectivity index (χ0v) is 9.28. The van der Waals surface area contributed by atoms with Gasteiger partial charge in [0.2, 0.25) is 5.91 Å². The van der Waals surface area contributed by atoms with Gasteiger partial charge in [0, 0.05) is 5.92 Å². The van der Waals surface area contributed by atoms with Crippen LogP contribution in [0.1, 0.15) is 31.7 Å². The molecule has 1 rings (SSSR count). The lowest BCUT2D eigenvalue weighted by Gasteiger charge is -2.06. The second-order valence-corrected chi connectivity index (χ2v) is 4.03. The Kier molecular flexibility index (Phi) is 4.88. The van der Waals surface area contributed by atoms with Crippen molar-refractivity contribution in [1.29, 1.82) is 0 Å². The molecule has 1 aromatic rings. The average molecular weight is 205 g/mol. The van der Waals surface area contributed by atoms with Crippen molar-refractivity contribution in [3.05, 3.63) is 35.9 Å². The van der Waals surface area contributed by atoms with Crippen molar-refractivity contribution in [2.45, 2.75) is 32.6 Å². The maximum absolute atomic E-state index is 10.8. The summed E-state index contributed by atoms with van der Waals surface area (Å²) < 4.78 is 0. The first kappa shape index (κ1) is 11.8. The molecule has 0 spiro atoms. The molecule has 0 aromatic heterocycles. The van der Waals surface area contributed by atoms with E-state index < -0.39 is 0 Å². The molecule has 0 saturated heterocycles. The topological polar surface area (TPSA) is 43.1 Å². The van der Waals surface area contributed by atoms with Crippen LogP contribution in [0.15, 0.2) is 30.3 Å². The van der Waals surface area contributed by atoms with Gasteiger partial charge in [0.1, 0.15) is 0 Å². The molecule has 0 heterocycles. The number of carbonyl (C=O) groups excluding carboxylic acids is 1. The molecule has 2 N–H and O–H groups in total. The zero-order chi connectivity index (χ0) is 11.1. The lowest BCUT2D eigenvalue weighted by molar-refractivity contribution is -0.121. The summed E-state index contributed by atoms with van der Waals surface area (Å²) in [7, 11) is 0. The van der Waals surface area contributed by atoms with Crippen LogP contribution in [0, 0.1) is 5.92 Å². The van der Waals surface area contributed by atoms with Crippen LogP contribution >= 0.6 is 0 Å². The van der Waals surface area contributed by atoms with E-state index in [2.05, 4.69) is 24.3 Å². The first-order chi connectivity index (χ1) is 7.20. The SMILES string of the molecule is CC(CCCCc1ccccc1)C(N)=O. The molecule has 0 fully saturated rings. The summed E-state index contributed by atoms with van der Waals surface area (Å²) in [6.07, 6.45) is 4.19. The molecule has 0 aliphatic heterocycles. The highest BCUT2D eigenvalue weighted by molar-refractivity contribution is 5.76. The number of primary amides is 1. The summed E-state index contributed by atoms with van der Waals surface area (Å²) in [4.78, 5) is 10.8. The molecule has 2 nitrogen and oxygen atoms in total. The highest BCUT2D eigenvalue weighted by Crippen LogP contribution is 2.10. The van der Waals surface area contributed by atoms with E-state index in [0.29, 0.717) is 0 Å². The molecule has 82 valence electrons. The largest absolute Gasteiger partial charge is 0.369 e. The molecule has 1 aromatic carbocycles. The lowest BCUT2D eigenvalue weighted by atomic mass is 10.0. The summed E-state index contributed by atoms with van der Waals surface area (Å²) in [5.41, 5.74) is 6.56. The van der Waals surface area contributed by atoms with E-state index >= 15 is 0 Å². The number of aryl methyl sites for hydroxylation is 1. The van der Waals surface area contributed by atoms with Crippen LogP contribution in [-0.4, -0.2) is 5.91 Å². The van der Waals surface area contributed by atoms with Gasteiger partial charge in [-0.15, -0.1) is 0 Å². The number of unbranched alkanes of at least 4 members (excludes halogenated alkanes) is 1. The van der Waals surface area contributed by atoms with Gasteiger partial charge < -0.3 is 5.73 Å². The molecule has 15 heavy (non-hydrogen) atoms. The van der Waals surface area contributed by atoms with Gasteiger partial charge >= 0.3 is 0 Å². The highest BCUT2D eigenvalue weighted by Gasteiger charge is 2.07. The minimum atomic E-state index is -0.185. The van der Waals surface area contributed by atoms with E-state index in [1.807, 2.05) is 13.0 Å². The Labute approximate surface area is 91.5 Å². The van der Waals surface area contributed by atoms with Crippen molar-refractivity contribution in [2.24, 2.45) is 11.7 Å². The molecule has 0 bridgehead atoms. The number of benzene rings is 1. The normalized spacial score (nSPS) is 12.3. The van der Waals surface area contributed by atoms with E-state index in [1.54, 1.807) is 0 Å². The summed E-state index contributed by atoms with van der Waals surface area (Å²) >= 11 is 0. The molecule has 1 atom stereocenters. The predicted molar refractivity (Wildman–Crippen MR) is 62.4 cm³/mol. The third kappa shape index (κ3) is 4.63. The summed E-state index contributed by atoms with van der Waals surface area (Å²) in [6, 6.07) is 10.4. The zero-order valence-electron chi connectivity index (χ0n) is 9.28. The Balaban J connectivity index is 2.15. The van der Waals surface area contributed by atoms with Gasteiger partial charge in [-0.25, -0.2) is 0 Å². The number of hydrogen-bond acceptors (Lipinski definition) is 1. The van der Waals surface area contributed by atoms with Gasteiger partial charge in [-0.05, 0) is 24.8 Å². The molecule has 2 heteroatoms. The van der Waals surface area contributed by atoms with E-state index in [9.17, 15) is 4.79 Å². The Morgan fingerprint density at radius 1 is 1.27 bits per heavy atom. The number of carbonyl (C=O) groups is 1. The Hall–Kier alpha value is -1.31. The van der Waals surface area contributed by atoms with Gasteiger partial charge in [-0.3, -0.25) is 4.79 Å². The molecule has 0 saturated carbocycles. The minimum Gasteiger partial charge on any atom is -0.369 e. The van der Waals surface area contributed by atoms with E-state index in [-0.39, 0.29) is 11.8 Å². The first-order valence-corrected chi connectivity index (χ1v) is 5.53. The van der Waals surface area contributed by atoms with Crippen molar-refractivity contribution in [1.82, 2.24) is 0 Å². The van der Waals surface area contributed by atoms with Crippen LogP contribution in [0.5, 0.6) is 0 Å². The van der Waals surface area contributed by atoms with Crippen molar-refractivity contribution in [3.8, 4) is 0 Å². The summed E-state index contributed by atoms with van der Waals surface area (Å²) in [5.74, 6) is -0.171. The molecule has 1 amide bonds. The van der Waals surface area contributed by atoms with Crippen LogP contribution < -0.4 is 5.73 Å². The maximum Gasteiger partial charge on any atom is 0.220 e. The van der Waals surface area contributed by atoms with Crippen LogP contribution in [0.25, 0.3) is 0 Å². The number of hydrogen-bond donors (Lipinski definition) is 1. The summed E-state index contributed by atoms with van der Waals surface area (Å²) in [5, 5.41) is 0. The third-order valence-electron chi connectivity index (χ3n) is 2.68. The maximum atomic E-state index is 10.8. The fourth-order valence-electron chi connectivity index (χ4n) is 1.57. The predicted octanol–water partition coefficient (Wildman–Crippen LogP) is 2.52. The Bertz CT molecular complexity index is 295. The van der Waals surface area contributed by atoms with E-state index in [0.717, 1.165) is 25.7 Å². The van der Waals surface area contributed by atoms with Crippen LogP contribution in [0.4, 0.5) is 0 Å². The minimum absolute atomic E-state index is 0.0146. The van der Waals surface area contributed by atoms with Gasteiger partial charge in [0.15, 0.2) is 0 Å². The van der Waals surface area contributed by atoms with Crippen molar-refractivity contribution in [2.75, 3.05) is 0 Å². The lowest BCUT2D eigenvalue weighted by Crippen LogP contribution is -2.20. The van der Waals surface area contributed by atoms with Crippen molar-refractivity contribution >= 4 is 5.91 Å². The van der Waals surface area contributed by atoms with E-state index in [1.165, 1.54) is 5.56 Å². The van der Waals surface area contributed by atoms with Gasteiger partial charge in [0.25, 0.3) is 0 Å².